The van der Waals surface area contributed by atoms with E-state index >= 15 is 0 Å². The maximum Gasteiger partial charge on any atom is 0.306 e. The van der Waals surface area contributed by atoms with Gasteiger partial charge in [-0.15, -0.1) is 5.10 Å². The van der Waals surface area contributed by atoms with Crippen molar-refractivity contribution in [1.82, 2.24) is 30.6 Å². The minimum Gasteiger partial charge on any atom is -0.489 e. The lowest BCUT2D eigenvalue weighted by Gasteiger charge is -2.27. The van der Waals surface area contributed by atoms with Crippen molar-refractivity contribution in [2.45, 2.75) is 71.9 Å². The molecule has 0 aromatic carbocycles. The summed E-state index contributed by atoms with van der Waals surface area (Å²) in [6, 6.07) is 3.70. The van der Waals surface area contributed by atoms with Crippen molar-refractivity contribution in [2.24, 2.45) is 18.9 Å². The van der Waals surface area contributed by atoms with Gasteiger partial charge in [0.1, 0.15) is 11.4 Å². The van der Waals surface area contributed by atoms with Crippen LogP contribution in [0.2, 0.25) is 0 Å². The number of carboxylic acids is 1. The molecule has 1 fully saturated rings. The molecule has 1 aliphatic rings. The number of ether oxygens (including phenoxy) is 1. The van der Waals surface area contributed by atoms with Gasteiger partial charge >= 0.3 is 5.97 Å². The van der Waals surface area contributed by atoms with E-state index in [0.29, 0.717) is 48.1 Å². The number of aliphatic carboxylic acids is 1. The van der Waals surface area contributed by atoms with Gasteiger partial charge in [-0.05, 0) is 63.6 Å². The Morgan fingerprint density at radius 1 is 1.30 bits per heavy atom. The van der Waals surface area contributed by atoms with Gasteiger partial charge in [0.15, 0.2) is 6.35 Å². The Bertz CT molecular complexity index is 932. The molecular weight excluding hydrogens is 424 g/mol. The average Bonchev–Trinajstić information content (AvgIpc) is 3.14. The Labute approximate surface area is 194 Å². The highest BCUT2D eigenvalue weighted by atomic mass is 16.5. The lowest BCUT2D eigenvalue weighted by atomic mass is 9.87. The number of aromatic nitrogens is 4. The van der Waals surface area contributed by atoms with Crippen molar-refractivity contribution in [3.8, 4) is 17.1 Å². The van der Waals surface area contributed by atoms with Crippen LogP contribution in [0.15, 0.2) is 12.1 Å². The smallest absolute Gasteiger partial charge is 0.306 e. The third-order valence-corrected chi connectivity index (χ3v) is 6.01. The van der Waals surface area contributed by atoms with Gasteiger partial charge in [0.05, 0.1) is 29.1 Å². The number of carbonyl (C=O) groups is 1. The van der Waals surface area contributed by atoms with Crippen molar-refractivity contribution in [3.05, 3.63) is 23.5 Å². The number of aliphatic hydroxyl groups excluding tert-OH is 1. The normalized spacial score (nSPS) is 19.6. The molecule has 1 saturated carbocycles. The molecule has 4 N–H and O–H groups in total. The van der Waals surface area contributed by atoms with Gasteiger partial charge in [-0.1, -0.05) is 19.1 Å². The summed E-state index contributed by atoms with van der Waals surface area (Å²) < 4.78 is 7.77. The third-order valence-electron chi connectivity index (χ3n) is 6.01. The number of aryl methyl sites for hydroxylation is 2. The van der Waals surface area contributed by atoms with E-state index in [-0.39, 0.29) is 12.0 Å². The molecule has 0 amide bonds. The van der Waals surface area contributed by atoms with E-state index in [0.717, 1.165) is 31.5 Å². The fourth-order valence-electron chi connectivity index (χ4n) is 4.01. The molecule has 3 rings (SSSR count). The van der Waals surface area contributed by atoms with Crippen molar-refractivity contribution < 1.29 is 19.7 Å². The van der Waals surface area contributed by atoms with E-state index in [1.807, 2.05) is 19.1 Å². The first-order valence-corrected chi connectivity index (χ1v) is 11.7. The first-order chi connectivity index (χ1) is 15.7. The molecular formula is C23H36N6O4. The van der Waals surface area contributed by atoms with Gasteiger partial charge in [-0.3, -0.25) is 20.1 Å². The highest BCUT2D eigenvalue weighted by Gasteiger charge is 2.28. The third kappa shape index (κ3) is 6.96. The maximum absolute atomic E-state index is 11.3. The molecule has 0 spiro atoms. The first-order valence-electron chi connectivity index (χ1n) is 11.7. The van der Waals surface area contributed by atoms with Crippen LogP contribution in [0.3, 0.4) is 0 Å². The van der Waals surface area contributed by atoms with E-state index in [2.05, 4.69) is 39.8 Å². The lowest BCUT2D eigenvalue weighted by molar-refractivity contribution is -0.143. The molecule has 0 radical (unpaired) electrons. The fourth-order valence-corrected chi connectivity index (χ4v) is 4.01. The molecule has 2 aromatic heterocycles. The largest absolute Gasteiger partial charge is 0.489 e. The van der Waals surface area contributed by atoms with E-state index < -0.39 is 12.3 Å². The van der Waals surface area contributed by atoms with Gasteiger partial charge in [0.2, 0.25) is 0 Å². The van der Waals surface area contributed by atoms with Crippen molar-refractivity contribution in [1.29, 1.82) is 0 Å². The first kappa shape index (κ1) is 25.1. The molecule has 2 aromatic rings. The summed E-state index contributed by atoms with van der Waals surface area (Å²) in [5, 5.41) is 33.9. The second-order valence-corrected chi connectivity index (χ2v) is 9.15. The van der Waals surface area contributed by atoms with Crippen LogP contribution in [-0.4, -0.2) is 55.2 Å². The zero-order chi connectivity index (χ0) is 24.0. The maximum atomic E-state index is 11.3. The molecule has 10 heteroatoms. The van der Waals surface area contributed by atoms with Crippen LogP contribution in [0, 0.1) is 18.8 Å². The minimum atomic E-state index is -0.831. The molecule has 0 aliphatic heterocycles. The Balaban J connectivity index is 1.64. The number of aliphatic hydroxyl groups is 1. The summed E-state index contributed by atoms with van der Waals surface area (Å²) in [5.74, 6) is 0.123. The Morgan fingerprint density at radius 2 is 2.09 bits per heavy atom. The predicted molar refractivity (Wildman–Crippen MR) is 123 cm³/mol. The van der Waals surface area contributed by atoms with E-state index in [9.17, 15) is 15.0 Å². The number of pyridine rings is 1. The summed E-state index contributed by atoms with van der Waals surface area (Å²) in [7, 11) is 1.80. The predicted octanol–water partition coefficient (Wildman–Crippen LogP) is 2.21. The zero-order valence-electron chi connectivity index (χ0n) is 19.9. The number of hydrogen-bond donors (Lipinski definition) is 4. The summed E-state index contributed by atoms with van der Waals surface area (Å²) in [5.41, 5.74) is 2.82. The van der Waals surface area contributed by atoms with Crippen molar-refractivity contribution in [2.75, 3.05) is 6.54 Å². The van der Waals surface area contributed by atoms with Crippen LogP contribution in [0.5, 0.6) is 5.75 Å². The van der Waals surface area contributed by atoms with Crippen LogP contribution >= 0.6 is 0 Å². The quantitative estimate of drug-likeness (QED) is 0.372. The highest BCUT2D eigenvalue weighted by molar-refractivity contribution is 5.70. The molecule has 0 bridgehead atoms. The van der Waals surface area contributed by atoms with Gasteiger partial charge in [-0.25, -0.2) is 4.98 Å². The molecule has 1 unspecified atom stereocenters. The Hall–Kier alpha value is -2.56. The molecule has 0 saturated heterocycles. The summed E-state index contributed by atoms with van der Waals surface area (Å²) >= 11 is 0. The van der Waals surface area contributed by atoms with E-state index in [4.69, 9.17) is 4.74 Å². The van der Waals surface area contributed by atoms with Crippen molar-refractivity contribution in [3.63, 3.8) is 0 Å². The highest BCUT2D eigenvalue weighted by Crippen LogP contribution is 2.30. The monoisotopic (exact) mass is 460 g/mol. The summed E-state index contributed by atoms with van der Waals surface area (Å²) in [4.78, 5) is 16.0. The van der Waals surface area contributed by atoms with Gasteiger partial charge < -0.3 is 14.9 Å². The number of nitrogens with one attached hydrogen (secondary N) is 2. The minimum absolute atomic E-state index is 0.118. The molecule has 182 valence electrons. The molecule has 10 nitrogen and oxygen atoms in total. The Morgan fingerprint density at radius 3 is 2.79 bits per heavy atom. The Kier molecular flexibility index (Phi) is 8.76. The molecule has 1 aliphatic carbocycles. The molecule has 33 heavy (non-hydrogen) atoms. The molecule has 2 heterocycles. The van der Waals surface area contributed by atoms with Gasteiger partial charge in [-0.2, -0.15) is 0 Å². The van der Waals surface area contributed by atoms with Crippen LogP contribution in [-0.2, 0) is 18.4 Å². The zero-order valence-corrected chi connectivity index (χ0v) is 19.9. The SMILES string of the molecule is Cc1nc(-c2nnn(C)c2CNC(O)NCCC(C)C)ccc1O[C@H]1CCC[C@H](C(=O)O)C1. The van der Waals surface area contributed by atoms with E-state index in [1.54, 1.807) is 11.7 Å². The number of rotatable bonds is 11. The second kappa shape index (κ2) is 11.5. The van der Waals surface area contributed by atoms with Crippen molar-refractivity contribution >= 4 is 5.97 Å². The summed E-state index contributed by atoms with van der Waals surface area (Å²) in [6.07, 6.45) is 2.95. The second-order valence-electron chi connectivity index (χ2n) is 9.15. The van der Waals surface area contributed by atoms with E-state index in [1.165, 1.54) is 0 Å². The van der Waals surface area contributed by atoms with Crippen LogP contribution in [0.1, 0.15) is 57.3 Å². The van der Waals surface area contributed by atoms with Crippen LogP contribution in [0.4, 0.5) is 0 Å². The standard InChI is InChI=1S/C23H36N6O4/c1-14(2)10-11-24-23(32)25-13-19-21(27-28-29(19)4)18-8-9-20(15(3)26-18)33-17-7-5-6-16(12-17)22(30)31/h8-9,14,16-17,23-25,32H,5-7,10-13H2,1-4H3,(H,30,31)/t16-,17-,23?/m0/s1. The molecule has 3 atom stereocenters. The van der Waals surface area contributed by atoms with Gasteiger partial charge in [0.25, 0.3) is 0 Å². The van der Waals surface area contributed by atoms with Gasteiger partial charge in [0, 0.05) is 13.6 Å². The number of hydrogen-bond acceptors (Lipinski definition) is 8. The van der Waals surface area contributed by atoms with Crippen LogP contribution < -0.4 is 15.4 Å². The van der Waals surface area contributed by atoms with Crippen LogP contribution in [0.25, 0.3) is 11.4 Å². The summed E-state index contributed by atoms with van der Waals surface area (Å²) in [6.45, 7) is 7.24. The number of carboxylic acid groups (broad SMARTS) is 1. The average molecular weight is 461 g/mol. The fraction of sp³-hybridized carbons (Fsp3) is 0.652. The number of nitrogens with zero attached hydrogens (tertiary/aromatic N) is 4. The lowest BCUT2D eigenvalue weighted by Crippen LogP contribution is -2.42. The topological polar surface area (TPSA) is 134 Å².